The summed E-state index contributed by atoms with van der Waals surface area (Å²) < 4.78 is 75.7. The van der Waals surface area contributed by atoms with Crippen molar-refractivity contribution in [2.75, 3.05) is 0 Å². The molecule has 0 saturated carbocycles. The van der Waals surface area contributed by atoms with Gasteiger partial charge in [0.1, 0.15) is 0 Å². The Morgan fingerprint density at radius 1 is 0.542 bits per heavy atom. The summed E-state index contributed by atoms with van der Waals surface area (Å²) in [4.78, 5) is 0. The van der Waals surface area contributed by atoms with E-state index in [9.17, 15) is 26.3 Å². The Kier molecular flexibility index (Phi) is 17.5. The molecule has 0 aliphatic heterocycles. The second-order valence-corrected chi connectivity index (χ2v) is 13.2. The van der Waals surface area contributed by atoms with Gasteiger partial charge in [0.15, 0.2) is 0 Å². The standard InChI is InChI=1S/2C18H14F3.C2H7Ge.2ClH.Zr/c2*1-2-12-10-14-4-3-5-16(17(14)11-12)13-6-8-15(9-7-13)18(19,20)21;1-3-2;;;/h2*3-11H,2H2,1H3;3H,1-2H3;2*1H;/q2*-1;;;;+4/p-2. The fourth-order valence-corrected chi connectivity index (χ4v) is 5.18. The molecule has 0 aliphatic rings. The largest absolute Gasteiger partial charge is 4.00 e. The van der Waals surface area contributed by atoms with Gasteiger partial charge in [0.2, 0.25) is 0 Å². The minimum Gasteiger partial charge on any atom is -1.00 e. The topological polar surface area (TPSA) is 0 Å². The van der Waals surface area contributed by atoms with Crippen LogP contribution in [0.2, 0.25) is 11.5 Å². The molecular weight excluding hydrogens is 805 g/mol. The monoisotopic (exact) mass is 839 g/mol. The first-order chi connectivity index (χ1) is 21.4. The van der Waals surface area contributed by atoms with Gasteiger partial charge < -0.3 is 24.8 Å². The number of hydrogen-bond donors (Lipinski definition) is 0. The maximum absolute atomic E-state index is 12.6. The molecule has 0 N–H and O–H groups in total. The Labute approximate surface area is 316 Å². The predicted octanol–water partition coefficient (Wildman–Crippen LogP) is 6.14. The van der Waals surface area contributed by atoms with Crippen molar-refractivity contribution in [1.29, 1.82) is 0 Å². The molecule has 48 heavy (non-hydrogen) atoms. The number of rotatable bonds is 4. The summed E-state index contributed by atoms with van der Waals surface area (Å²) >= 11 is 0.312. The van der Waals surface area contributed by atoms with Crippen LogP contribution < -0.4 is 24.8 Å². The summed E-state index contributed by atoms with van der Waals surface area (Å²) in [5, 5.41) is 4.44. The van der Waals surface area contributed by atoms with Crippen LogP contribution in [-0.4, -0.2) is 15.4 Å². The number of fused-ring (bicyclic) bond motifs is 2. The second kappa shape index (κ2) is 19.2. The first kappa shape index (κ1) is 43.7. The maximum atomic E-state index is 12.6. The molecule has 0 bridgehead atoms. The van der Waals surface area contributed by atoms with Crippen molar-refractivity contribution in [3.05, 3.63) is 131 Å². The third-order valence-electron chi connectivity index (χ3n) is 7.48. The third-order valence-corrected chi connectivity index (χ3v) is 7.48. The molecule has 6 aromatic rings. The van der Waals surface area contributed by atoms with E-state index in [1.165, 1.54) is 35.4 Å². The van der Waals surface area contributed by atoms with Crippen molar-refractivity contribution in [2.45, 2.75) is 50.6 Å². The number of hydrogen-bond acceptors (Lipinski definition) is 0. The van der Waals surface area contributed by atoms with Crippen LogP contribution in [0.1, 0.15) is 36.1 Å². The smallest absolute Gasteiger partial charge is 1.00 e. The first-order valence-corrected chi connectivity index (χ1v) is 19.7. The van der Waals surface area contributed by atoms with E-state index in [4.69, 9.17) is 0 Å². The summed E-state index contributed by atoms with van der Waals surface area (Å²) in [6, 6.07) is 31.0. The van der Waals surface area contributed by atoms with E-state index < -0.39 is 23.5 Å². The Balaban J connectivity index is 0.000000420. The average molecular weight is 840 g/mol. The van der Waals surface area contributed by atoms with Crippen LogP contribution in [0.5, 0.6) is 0 Å². The van der Waals surface area contributed by atoms with Crippen molar-refractivity contribution in [3.63, 3.8) is 0 Å². The summed E-state index contributed by atoms with van der Waals surface area (Å²) in [5.41, 5.74) is 4.81. The normalized spacial score (nSPS) is 10.9. The van der Waals surface area contributed by atoms with Gasteiger partial charge in [0.05, 0.1) is 11.1 Å². The van der Waals surface area contributed by atoms with Gasteiger partial charge in [-0.2, -0.15) is 38.5 Å². The van der Waals surface area contributed by atoms with Gasteiger partial charge in [-0.25, -0.2) is 0 Å². The molecule has 0 atom stereocenters. The Hall–Kier alpha value is -2.31. The van der Waals surface area contributed by atoms with E-state index in [2.05, 4.69) is 49.6 Å². The second-order valence-electron chi connectivity index (χ2n) is 10.8. The summed E-state index contributed by atoms with van der Waals surface area (Å²) in [7, 11) is 0. The Morgan fingerprint density at radius 3 is 1.12 bits per heavy atom. The SMILES string of the molecule is CCc1cc2c(-c3ccc(C(F)(F)F)cc3)cccc2[cH-]1.CCc1cc2c(-c3ccc(C(F)(F)F)cc3)cccc2[cH-]1.[CH3][GeH][CH3].[Cl-].[Cl-].[Zr+4]. The molecule has 0 amide bonds. The zero-order valence-electron chi connectivity index (χ0n) is 26.9. The van der Waals surface area contributed by atoms with E-state index in [1.54, 1.807) is 0 Å². The van der Waals surface area contributed by atoms with Crippen molar-refractivity contribution in [3.8, 4) is 22.3 Å². The summed E-state index contributed by atoms with van der Waals surface area (Å²) in [5.74, 6) is 4.56. The van der Waals surface area contributed by atoms with Crippen molar-refractivity contribution in [1.82, 2.24) is 0 Å². The van der Waals surface area contributed by atoms with E-state index in [0.29, 0.717) is 15.4 Å². The third kappa shape index (κ3) is 10.8. The van der Waals surface area contributed by atoms with Gasteiger partial charge in [-0.15, -0.1) is 69.1 Å². The summed E-state index contributed by atoms with van der Waals surface area (Å²) in [6.45, 7) is 4.18. The number of benzene rings is 4. The Morgan fingerprint density at radius 2 is 0.854 bits per heavy atom. The molecule has 0 saturated heterocycles. The van der Waals surface area contributed by atoms with Crippen LogP contribution in [0.15, 0.2) is 109 Å². The van der Waals surface area contributed by atoms with Crippen LogP contribution in [0.3, 0.4) is 0 Å². The van der Waals surface area contributed by atoms with Gasteiger partial charge in [-0.05, 0) is 48.2 Å². The minimum atomic E-state index is -4.29. The zero-order chi connectivity index (χ0) is 32.8. The molecule has 0 heterocycles. The van der Waals surface area contributed by atoms with Crippen molar-refractivity contribution >= 4 is 37.0 Å². The van der Waals surface area contributed by atoms with Crippen LogP contribution in [0.4, 0.5) is 26.3 Å². The minimum absolute atomic E-state index is 0. The fraction of sp³-hybridized carbons (Fsp3) is 0.211. The van der Waals surface area contributed by atoms with Crippen molar-refractivity contribution in [2.24, 2.45) is 0 Å². The summed E-state index contributed by atoms with van der Waals surface area (Å²) in [6.07, 6.45) is -6.69. The quantitative estimate of drug-likeness (QED) is 0.114. The molecule has 10 heteroatoms. The molecule has 0 aliphatic carbocycles. The maximum Gasteiger partial charge on any atom is 4.00 e. The van der Waals surface area contributed by atoms with Gasteiger partial charge >= 0.3 is 65.5 Å². The molecule has 6 aromatic carbocycles. The number of aryl methyl sites for hydroxylation is 2. The van der Waals surface area contributed by atoms with Crippen LogP contribution in [-0.2, 0) is 51.4 Å². The van der Waals surface area contributed by atoms with E-state index in [-0.39, 0.29) is 51.0 Å². The average Bonchev–Trinajstić information content (AvgIpc) is 3.65. The van der Waals surface area contributed by atoms with E-state index in [1.807, 2.05) is 36.4 Å². The Bertz CT molecular complexity index is 1700. The fourth-order valence-electron chi connectivity index (χ4n) is 5.18. The van der Waals surface area contributed by atoms with Crippen LogP contribution >= 0.6 is 0 Å². The van der Waals surface area contributed by atoms with Crippen molar-refractivity contribution < 1.29 is 77.4 Å². The van der Waals surface area contributed by atoms with Gasteiger partial charge in [-0.3, -0.25) is 0 Å². The molecule has 0 aromatic heterocycles. The van der Waals surface area contributed by atoms with E-state index in [0.717, 1.165) is 80.9 Å². The van der Waals surface area contributed by atoms with Crippen LogP contribution in [0.25, 0.3) is 43.8 Å². The molecule has 6 rings (SSSR count). The number of alkyl halides is 6. The van der Waals surface area contributed by atoms with Crippen LogP contribution in [0, 0.1) is 0 Å². The van der Waals surface area contributed by atoms with Gasteiger partial charge in [-0.1, -0.05) is 61.4 Å². The molecular formula is C38H35Cl2F6GeZr. The number of halogens is 8. The zero-order valence-corrected chi connectivity index (χ0v) is 33.3. The molecule has 1 radical (unpaired) electrons. The van der Waals surface area contributed by atoms with Gasteiger partial charge in [0, 0.05) is 0 Å². The molecule has 0 unspecified atom stereocenters. The van der Waals surface area contributed by atoms with Gasteiger partial charge in [0.25, 0.3) is 0 Å². The first-order valence-electron chi connectivity index (χ1n) is 14.9. The molecule has 0 fully saturated rings. The molecule has 251 valence electrons. The van der Waals surface area contributed by atoms with E-state index >= 15 is 0 Å². The molecule has 0 nitrogen and oxygen atoms in total. The molecule has 0 spiro atoms. The predicted molar refractivity (Wildman–Crippen MR) is 178 cm³/mol.